The number of carboxylic acid groups (broad SMARTS) is 1. The molecular weight excluding hydrogens is 296 g/mol. The fourth-order valence-corrected chi connectivity index (χ4v) is 2.03. The zero-order chi connectivity index (χ0) is 16.3. The predicted molar refractivity (Wildman–Crippen MR) is 81.1 cm³/mol. The third-order valence-corrected chi connectivity index (χ3v) is 3.55. The summed E-state index contributed by atoms with van der Waals surface area (Å²) in [7, 11) is 0. The molecular formula is C13H24N2O5S. The van der Waals surface area contributed by atoms with Crippen LogP contribution in [0.15, 0.2) is 0 Å². The minimum Gasteiger partial charge on any atom is -0.480 e. The van der Waals surface area contributed by atoms with E-state index in [1.807, 2.05) is 13.2 Å². The first kappa shape index (κ1) is 19.7. The Hall–Kier alpha value is -1.28. The summed E-state index contributed by atoms with van der Waals surface area (Å²) in [5.41, 5.74) is 0. The highest BCUT2D eigenvalue weighted by atomic mass is 32.2. The van der Waals surface area contributed by atoms with Gasteiger partial charge in [-0.2, -0.15) is 11.8 Å². The van der Waals surface area contributed by atoms with Gasteiger partial charge in [0.25, 0.3) is 0 Å². The topological polar surface area (TPSA) is 116 Å². The summed E-state index contributed by atoms with van der Waals surface area (Å²) in [4.78, 5) is 34.2. The van der Waals surface area contributed by atoms with Gasteiger partial charge >= 0.3 is 5.97 Å². The molecule has 0 aliphatic carbocycles. The Morgan fingerprint density at radius 3 is 2.14 bits per heavy atom. The van der Waals surface area contributed by atoms with Crippen LogP contribution in [0.4, 0.5) is 0 Å². The smallest absolute Gasteiger partial charge is 0.326 e. The van der Waals surface area contributed by atoms with Gasteiger partial charge < -0.3 is 20.8 Å². The van der Waals surface area contributed by atoms with E-state index >= 15 is 0 Å². The van der Waals surface area contributed by atoms with Gasteiger partial charge in [-0.15, -0.1) is 0 Å². The maximum absolute atomic E-state index is 11.6. The molecule has 0 aromatic rings. The molecule has 8 heteroatoms. The van der Waals surface area contributed by atoms with Crippen LogP contribution in [0.1, 0.15) is 32.6 Å². The lowest BCUT2D eigenvalue weighted by atomic mass is 10.2. The van der Waals surface area contributed by atoms with Crippen molar-refractivity contribution in [3.05, 3.63) is 0 Å². The van der Waals surface area contributed by atoms with Gasteiger partial charge in [-0.3, -0.25) is 9.59 Å². The Balaban J connectivity index is 4.12. The van der Waals surface area contributed by atoms with E-state index in [4.69, 9.17) is 10.2 Å². The molecule has 0 aliphatic rings. The number of aliphatic carboxylic acids is 1. The Bertz CT molecular complexity index is 347. The van der Waals surface area contributed by atoms with Crippen LogP contribution in [-0.2, 0) is 14.4 Å². The number of aliphatic hydroxyl groups is 1. The number of aliphatic hydroxyl groups excluding tert-OH is 1. The normalized spacial score (nSPS) is 13.3. The standard InChI is InChI=1S/C13H24N2O5S/c1-3-9(8-16)14-11(17)4-5-12(18)15-10(13(19)20)6-7-21-2/h9-10,16H,3-8H2,1-2H3,(H,14,17)(H,15,18)(H,19,20). The lowest BCUT2D eigenvalue weighted by Gasteiger charge is -2.15. The quantitative estimate of drug-likeness (QED) is 0.425. The summed E-state index contributed by atoms with van der Waals surface area (Å²) in [5, 5.41) is 22.9. The Labute approximate surface area is 128 Å². The molecule has 2 atom stereocenters. The predicted octanol–water partition coefficient (Wildman–Crippen LogP) is -0.0238. The second-order valence-electron chi connectivity index (χ2n) is 4.60. The van der Waals surface area contributed by atoms with Gasteiger partial charge in [0, 0.05) is 12.8 Å². The molecule has 0 aromatic heterocycles. The van der Waals surface area contributed by atoms with Crippen molar-refractivity contribution < 1.29 is 24.6 Å². The fourth-order valence-electron chi connectivity index (χ4n) is 1.56. The highest BCUT2D eigenvalue weighted by Gasteiger charge is 2.19. The van der Waals surface area contributed by atoms with E-state index in [9.17, 15) is 14.4 Å². The Kier molecular flexibility index (Phi) is 10.7. The minimum absolute atomic E-state index is 0.0306. The van der Waals surface area contributed by atoms with Crippen molar-refractivity contribution in [1.29, 1.82) is 0 Å². The van der Waals surface area contributed by atoms with E-state index in [0.717, 1.165) is 0 Å². The molecule has 0 bridgehead atoms. The second-order valence-corrected chi connectivity index (χ2v) is 5.58. The van der Waals surface area contributed by atoms with Crippen molar-refractivity contribution in [1.82, 2.24) is 10.6 Å². The molecule has 0 spiro atoms. The van der Waals surface area contributed by atoms with E-state index in [-0.39, 0.29) is 31.4 Å². The van der Waals surface area contributed by atoms with Crippen LogP contribution in [0.5, 0.6) is 0 Å². The minimum atomic E-state index is -1.08. The number of thioether (sulfide) groups is 1. The lowest BCUT2D eigenvalue weighted by molar-refractivity contribution is -0.141. The number of carboxylic acids is 1. The number of rotatable bonds is 11. The van der Waals surface area contributed by atoms with E-state index in [1.165, 1.54) is 11.8 Å². The third kappa shape index (κ3) is 9.30. The first-order valence-corrected chi connectivity index (χ1v) is 8.25. The van der Waals surface area contributed by atoms with Crippen LogP contribution in [0, 0.1) is 0 Å². The number of carbonyl (C=O) groups is 3. The van der Waals surface area contributed by atoms with Gasteiger partial charge in [-0.25, -0.2) is 4.79 Å². The molecule has 0 radical (unpaired) electrons. The van der Waals surface area contributed by atoms with Crippen LogP contribution in [-0.4, -0.2) is 58.7 Å². The molecule has 21 heavy (non-hydrogen) atoms. The van der Waals surface area contributed by atoms with Gasteiger partial charge in [0.05, 0.1) is 12.6 Å². The van der Waals surface area contributed by atoms with Crippen molar-refractivity contribution in [2.45, 2.75) is 44.7 Å². The fraction of sp³-hybridized carbons (Fsp3) is 0.769. The lowest BCUT2D eigenvalue weighted by Crippen LogP contribution is -2.42. The SMILES string of the molecule is CCC(CO)NC(=O)CCC(=O)NC(CCSC)C(=O)O. The highest BCUT2D eigenvalue weighted by Crippen LogP contribution is 2.02. The van der Waals surface area contributed by atoms with Crippen LogP contribution in [0.3, 0.4) is 0 Å². The number of amides is 2. The van der Waals surface area contributed by atoms with Gasteiger partial charge in [-0.05, 0) is 24.9 Å². The van der Waals surface area contributed by atoms with Gasteiger partial charge in [-0.1, -0.05) is 6.92 Å². The molecule has 7 nitrogen and oxygen atoms in total. The Morgan fingerprint density at radius 2 is 1.71 bits per heavy atom. The van der Waals surface area contributed by atoms with Gasteiger partial charge in [0.15, 0.2) is 0 Å². The van der Waals surface area contributed by atoms with E-state index in [1.54, 1.807) is 0 Å². The van der Waals surface area contributed by atoms with E-state index < -0.39 is 17.9 Å². The zero-order valence-electron chi connectivity index (χ0n) is 12.4. The van der Waals surface area contributed by atoms with Crippen molar-refractivity contribution in [2.75, 3.05) is 18.6 Å². The van der Waals surface area contributed by atoms with Crippen molar-refractivity contribution in [3.63, 3.8) is 0 Å². The van der Waals surface area contributed by atoms with Gasteiger partial charge in [0.1, 0.15) is 6.04 Å². The highest BCUT2D eigenvalue weighted by molar-refractivity contribution is 7.98. The first-order valence-electron chi connectivity index (χ1n) is 6.85. The molecule has 0 aliphatic heterocycles. The summed E-state index contributed by atoms with van der Waals surface area (Å²) < 4.78 is 0. The summed E-state index contributed by atoms with van der Waals surface area (Å²) in [5.74, 6) is -1.24. The molecule has 0 saturated carbocycles. The molecule has 2 unspecified atom stereocenters. The average Bonchev–Trinajstić information content (AvgIpc) is 2.46. The molecule has 0 rings (SSSR count). The molecule has 0 saturated heterocycles. The third-order valence-electron chi connectivity index (χ3n) is 2.90. The molecule has 0 aromatic carbocycles. The van der Waals surface area contributed by atoms with Gasteiger partial charge in [0.2, 0.25) is 11.8 Å². The zero-order valence-corrected chi connectivity index (χ0v) is 13.2. The van der Waals surface area contributed by atoms with Crippen LogP contribution < -0.4 is 10.6 Å². The largest absolute Gasteiger partial charge is 0.480 e. The number of hydrogen-bond acceptors (Lipinski definition) is 5. The summed E-state index contributed by atoms with van der Waals surface area (Å²) in [6, 6.07) is -1.23. The number of carbonyl (C=O) groups excluding carboxylic acids is 2. The summed E-state index contributed by atoms with van der Waals surface area (Å²) >= 11 is 1.50. The first-order chi connectivity index (χ1) is 9.94. The molecule has 0 fully saturated rings. The number of nitrogens with one attached hydrogen (secondary N) is 2. The average molecular weight is 320 g/mol. The monoisotopic (exact) mass is 320 g/mol. The molecule has 4 N–H and O–H groups in total. The summed E-state index contributed by atoms with van der Waals surface area (Å²) in [6.45, 7) is 1.68. The van der Waals surface area contributed by atoms with Crippen LogP contribution in [0.2, 0.25) is 0 Å². The maximum atomic E-state index is 11.6. The van der Waals surface area contributed by atoms with Crippen molar-refractivity contribution in [3.8, 4) is 0 Å². The maximum Gasteiger partial charge on any atom is 0.326 e. The van der Waals surface area contributed by atoms with E-state index in [0.29, 0.717) is 18.6 Å². The number of hydrogen-bond donors (Lipinski definition) is 4. The summed E-state index contributed by atoms with van der Waals surface area (Å²) in [6.07, 6.45) is 2.70. The Morgan fingerprint density at radius 1 is 1.14 bits per heavy atom. The molecule has 122 valence electrons. The van der Waals surface area contributed by atoms with Crippen molar-refractivity contribution in [2.24, 2.45) is 0 Å². The molecule has 2 amide bonds. The second kappa shape index (κ2) is 11.4. The van der Waals surface area contributed by atoms with Crippen LogP contribution >= 0.6 is 11.8 Å². The van der Waals surface area contributed by atoms with E-state index in [2.05, 4.69) is 10.6 Å². The van der Waals surface area contributed by atoms with Crippen LogP contribution in [0.25, 0.3) is 0 Å². The van der Waals surface area contributed by atoms with Crippen molar-refractivity contribution >= 4 is 29.5 Å². The molecule has 0 heterocycles.